The van der Waals surface area contributed by atoms with Crippen molar-refractivity contribution in [3.8, 4) is 0 Å². The molecule has 1 aromatic rings. The van der Waals surface area contributed by atoms with Crippen LogP contribution in [0.25, 0.3) is 0 Å². The van der Waals surface area contributed by atoms with Gasteiger partial charge in [-0.2, -0.15) is 0 Å². The van der Waals surface area contributed by atoms with Crippen LogP contribution in [0, 0.1) is 0 Å². The van der Waals surface area contributed by atoms with E-state index < -0.39 is 12.2 Å². The van der Waals surface area contributed by atoms with E-state index in [4.69, 9.17) is 0 Å². The van der Waals surface area contributed by atoms with Gasteiger partial charge in [0, 0.05) is 18.7 Å². The zero-order chi connectivity index (χ0) is 22.7. The molecule has 0 aliphatic carbocycles. The maximum atomic E-state index is 13.1. The fourth-order valence-corrected chi connectivity index (χ4v) is 3.52. The molecule has 168 valence electrons. The van der Waals surface area contributed by atoms with Crippen LogP contribution in [0.4, 0.5) is 0 Å². The number of hydrogen-bond donors (Lipinski definition) is 2. The molecule has 0 bridgehead atoms. The highest BCUT2D eigenvalue weighted by Gasteiger charge is 2.19. The Balaban J connectivity index is 3.06. The summed E-state index contributed by atoms with van der Waals surface area (Å²) in [6, 6.07) is 5.98. The van der Waals surface area contributed by atoms with Gasteiger partial charge in [-0.25, -0.2) is 0 Å². The van der Waals surface area contributed by atoms with Crippen molar-refractivity contribution in [1.29, 1.82) is 0 Å². The number of rotatable bonds is 12. The van der Waals surface area contributed by atoms with Gasteiger partial charge in [0.25, 0.3) is 5.91 Å². The Labute approximate surface area is 183 Å². The average Bonchev–Trinajstić information content (AvgIpc) is 2.67. The molecule has 2 N–H and O–H groups in total. The van der Waals surface area contributed by atoms with Crippen LogP contribution in [0.15, 0.2) is 41.5 Å². The number of hydrogen-bond acceptors (Lipinski definition) is 3. The highest BCUT2D eigenvalue weighted by Crippen LogP contribution is 2.20. The lowest BCUT2D eigenvalue weighted by Gasteiger charge is -2.22. The lowest BCUT2D eigenvalue weighted by atomic mass is 9.95. The van der Waals surface area contributed by atoms with E-state index in [-0.39, 0.29) is 5.91 Å². The van der Waals surface area contributed by atoms with Crippen molar-refractivity contribution >= 4 is 5.91 Å². The third-order valence-electron chi connectivity index (χ3n) is 5.30. The topological polar surface area (TPSA) is 60.8 Å². The molecule has 0 aliphatic heterocycles. The molecular weight excluding hydrogens is 374 g/mol. The standard InChI is InChI=1S/C26H41NO3/c1-7-27(8-2)26(30)25-17-22(13-12-20(5)11-9-10-19(3)4)14-15-23(25)18-24(29)16-21(6)28/h10,12,14-15,17,21,24,28-29H,7-9,11,13,16,18H2,1-6H3/b20-12+. The van der Waals surface area contributed by atoms with Gasteiger partial charge in [-0.05, 0) is 90.8 Å². The summed E-state index contributed by atoms with van der Waals surface area (Å²) in [5, 5.41) is 19.9. The fourth-order valence-electron chi connectivity index (χ4n) is 3.52. The Morgan fingerprint density at radius 2 is 1.77 bits per heavy atom. The van der Waals surface area contributed by atoms with E-state index in [9.17, 15) is 15.0 Å². The molecule has 0 heterocycles. The van der Waals surface area contributed by atoms with Gasteiger partial charge in [-0.1, -0.05) is 35.4 Å². The van der Waals surface area contributed by atoms with Crippen LogP contribution in [0.2, 0.25) is 0 Å². The molecule has 1 aromatic carbocycles. The first-order chi connectivity index (χ1) is 14.2. The lowest BCUT2D eigenvalue weighted by molar-refractivity contribution is 0.0768. The third-order valence-corrected chi connectivity index (χ3v) is 5.30. The van der Waals surface area contributed by atoms with Gasteiger partial charge in [-0.15, -0.1) is 0 Å². The van der Waals surface area contributed by atoms with E-state index in [1.54, 1.807) is 6.92 Å². The van der Waals surface area contributed by atoms with Gasteiger partial charge in [0.05, 0.1) is 12.2 Å². The van der Waals surface area contributed by atoms with Gasteiger partial charge in [0.1, 0.15) is 0 Å². The second kappa shape index (κ2) is 13.4. The number of carbonyl (C=O) groups is 1. The van der Waals surface area contributed by atoms with Crippen molar-refractivity contribution in [3.63, 3.8) is 0 Å². The molecule has 0 fully saturated rings. The van der Waals surface area contributed by atoms with Crippen molar-refractivity contribution in [3.05, 3.63) is 58.2 Å². The second-order valence-corrected chi connectivity index (χ2v) is 8.49. The minimum Gasteiger partial charge on any atom is -0.393 e. The van der Waals surface area contributed by atoms with Crippen molar-refractivity contribution in [2.75, 3.05) is 13.1 Å². The summed E-state index contributed by atoms with van der Waals surface area (Å²) in [6.07, 6.45) is 6.80. The Morgan fingerprint density at radius 3 is 2.33 bits per heavy atom. The quantitative estimate of drug-likeness (QED) is 0.468. The van der Waals surface area contributed by atoms with E-state index in [0.29, 0.717) is 31.5 Å². The summed E-state index contributed by atoms with van der Waals surface area (Å²) in [4.78, 5) is 14.9. The number of nitrogens with zero attached hydrogens (tertiary/aromatic N) is 1. The van der Waals surface area contributed by atoms with E-state index in [1.807, 2.05) is 36.9 Å². The smallest absolute Gasteiger partial charge is 0.254 e. The Morgan fingerprint density at radius 1 is 1.10 bits per heavy atom. The molecule has 1 amide bonds. The number of amides is 1. The fraction of sp³-hybridized carbons (Fsp3) is 0.577. The van der Waals surface area contributed by atoms with Crippen molar-refractivity contribution in [2.24, 2.45) is 0 Å². The predicted molar refractivity (Wildman–Crippen MR) is 126 cm³/mol. The number of benzene rings is 1. The molecule has 0 saturated carbocycles. The number of allylic oxidation sites excluding steroid dienone is 4. The monoisotopic (exact) mass is 415 g/mol. The molecule has 0 aliphatic rings. The summed E-state index contributed by atoms with van der Waals surface area (Å²) in [5.41, 5.74) is 5.29. The predicted octanol–water partition coefficient (Wildman–Crippen LogP) is 5.08. The zero-order valence-corrected chi connectivity index (χ0v) is 19.7. The van der Waals surface area contributed by atoms with E-state index in [0.717, 1.165) is 30.4 Å². The molecule has 4 heteroatoms. The van der Waals surface area contributed by atoms with Crippen molar-refractivity contribution < 1.29 is 15.0 Å². The van der Waals surface area contributed by atoms with Crippen LogP contribution in [0.3, 0.4) is 0 Å². The van der Waals surface area contributed by atoms with Gasteiger partial charge in [0.2, 0.25) is 0 Å². The van der Waals surface area contributed by atoms with Crippen LogP contribution in [-0.2, 0) is 12.8 Å². The average molecular weight is 416 g/mol. The normalized spacial score (nSPS) is 13.7. The van der Waals surface area contributed by atoms with E-state index in [2.05, 4.69) is 32.9 Å². The van der Waals surface area contributed by atoms with Crippen LogP contribution in [-0.4, -0.2) is 46.3 Å². The molecule has 0 spiro atoms. The first-order valence-electron chi connectivity index (χ1n) is 11.2. The maximum absolute atomic E-state index is 13.1. The molecule has 30 heavy (non-hydrogen) atoms. The molecule has 0 radical (unpaired) electrons. The highest BCUT2D eigenvalue weighted by atomic mass is 16.3. The number of aliphatic hydroxyl groups is 2. The van der Waals surface area contributed by atoms with Gasteiger partial charge >= 0.3 is 0 Å². The molecule has 2 atom stereocenters. The van der Waals surface area contributed by atoms with E-state index >= 15 is 0 Å². The first-order valence-corrected chi connectivity index (χ1v) is 11.2. The number of aliphatic hydroxyl groups excluding tert-OH is 2. The Hall–Kier alpha value is -1.91. The number of carbonyl (C=O) groups excluding carboxylic acids is 1. The molecule has 2 unspecified atom stereocenters. The summed E-state index contributed by atoms with van der Waals surface area (Å²) < 4.78 is 0. The molecule has 0 saturated heterocycles. The van der Waals surface area contributed by atoms with Gasteiger partial charge in [-0.3, -0.25) is 4.79 Å². The maximum Gasteiger partial charge on any atom is 0.254 e. The summed E-state index contributed by atoms with van der Waals surface area (Å²) in [5.74, 6) is 0.00496. The van der Waals surface area contributed by atoms with Crippen LogP contribution in [0.1, 0.15) is 82.3 Å². The summed E-state index contributed by atoms with van der Waals surface area (Å²) in [6.45, 7) is 13.3. The zero-order valence-electron chi connectivity index (χ0n) is 19.7. The Bertz CT molecular complexity index is 726. The van der Waals surface area contributed by atoms with Crippen molar-refractivity contribution in [1.82, 2.24) is 4.90 Å². The summed E-state index contributed by atoms with van der Waals surface area (Å²) in [7, 11) is 0. The van der Waals surface area contributed by atoms with Crippen LogP contribution >= 0.6 is 0 Å². The summed E-state index contributed by atoms with van der Waals surface area (Å²) >= 11 is 0. The molecule has 1 rings (SSSR count). The van der Waals surface area contributed by atoms with Crippen LogP contribution < -0.4 is 0 Å². The minimum absolute atomic E-state index is 0.00496. The van der Waals surface area contributed by atoms with Gasteiger partial charge in [0.15, 0.2) is 0 Å². The molecular formula is C26H41NO3. The molecule has 0 aromatic heterocycles. The lowest BCUT2D eigenvalue weighted by Crippen LogP contribution is -2.32. The van der Waals surface area contributed by atoms with Gasteiger partial charge < -0.3 is 15.1 Å². The first kappa shape index (κ1) is 26.1. The highest BCUT2D eigenvalue weighted by molar-refractivity contribution is 5.96. The second-order valence-electron chi connectivity index (χ2n) is 8.49. The van der Waals surface area contributed by atoms with Crippen LogP contribution in [0.5, 0.6) is 0 Å². The largest absolute Gasteiger partial charge is 0.393 e. The third kappa shape index (κ3) is 9.27. The van der Waals surface area contributed by atoms with Crippen molar-refractivity contribution in [2.45, 2.75) is 85.9 Å². The Kier molecular flexibility index (Phi) is 11.7. The minimum atomic E-state index is -0.670. The SMILES string of the molecule is CCN(CC)C(=O)c1cc(C/C=C(\C)CCC=C(C)C)ccc1CC(O)CC(C)O. The molecule has 4 nitrogen and oxygen atoms in total. The van der Waals surface area contributed by atoms with E-state index in [1.165, 1.54) is 11.1 Å².